The third-order valence-electron chi connectivity index (χ3n) is 4.34. The standard InChI is InChI=1S/C21H17F2NO3/c1-3-17-12(2)20(14-6-4-5-7-18(14)24-17)21(26)27-11-19(25)15-10-13(22)8-9-16(15)23/h4-10H,3,11H2,1-2H3. The van der Waals surface area contributed by atoms with Crippen LogP contribution in [-0.4, -0.2) is 23.3 Å². The number of rotatable bonds is 5. The average Bonchev–Trinajstić information content (AvgIpc) is 2.67. The molecular formula is C21H17F2NO3. The van der Waals surface area contributed by atoms with E-state index in [-0.39, 0.29) is 0 Å². The van der Waals surface area contributed by atoms with Gasteiger partial charge in [0.05, 0.1) is 16.6 Å². The normalized spacial score (nSPS) is 10.8. The molecule has 6 heteroatoms. The maximum absolute atomic E-state index is 13.7. The zero-order valence-corrected chi connectivity index (χ0v) is 14.9. The second-order valence-corrected chi connectivity index (χ2v) is 6.05. The van der Waals surface area contributed by atoms with Crippen molar-refractivity contribution in [3.8, 4) is 0 Å². The highest BCUT2D eigenvalue weighted by Crippen LogP contribution is 2.24. The Morgan fingerprint density at radius 1 is 1.11 bits per heavy atom. The number of aryl methyl sites for hydroxylation is 1. The molecule has 0 saturated heterocycles. The number of carbonyl (C=O) groups excluding carboxylic acids is 2. The van der Waals surface area contributed by atoms with Crippen LogP contribution in [0.25, 0.3) is 10.9 Å². The van der Waals surface area contributed by atoms with Gasteiger partial charge in [-0.3, -0.25) is 9.78 Å². The van der Waals surface area contributed by atoms with E-state index in [9.17, 15) is 18.4 Å². The lowest BCUT2D eigenvalue weighted by Crippen LogP contribution is -2.17. The molecule has 0 N–H and O–H groups in total. The Labute approximate surface area is 154 Å². The van der Waals surface area contributed by atoms with Crippen LogP contribution in [0, 0.1) is 18.6 Å². The highest BCUT2D eigenvalue weighted by molar-refractivity contribution is 6.06. The van der Waals surface area contributed by atoms with Gasteiger partial charge in [0.1, 0.15) is 11.6 Å². The van der Waals surface area contributed by atoms with Gasteiger partial charge in [0.25, 0.3) is 0 Å². The summed E-state index contributed by atoms with van der Waals surface area (Å²) >= 11 is 0. The summed E-state index contributed by atoms with van der Waals surface area (Å²) in [5.41, 5.74) is 1.95. The molecule has 0 aliphatic heterocycles. The fourth-order valence-electron chi connectivity index (χ4n) is 2.96. The predicted octanol–water partition coefficient (Wildman–Crippen LogP) is 4.42. The molecule has 0 bridgehead atoms. The summed E-state index contributed by atoms with van der Waals surface area (Å²) in [4.78, 5) is 29.3. The maximum atomic E-state index is 13.7. The Morgan fingerprint density at radius 2 is 1.85 bits per heavy atom. The van der Waals surface area contributed by atoms with Gasteiger partial charge in [0.15, 0.2) is 6.61 Å². The van der Waals surface area contributed by atoms with Crippen LogP contribution >= 0.6 is 0 Å². The van der Waals surface area contributed by atoms with Crippen LogP contribution in [0.3, 0.4) is 0 Å². The van der Waals surface area contributed by atoms with Crippen molar-refractivity contribution in [1.82, 2.24) is 4.98 Å². The highest BCUT2D eigenvalue weighted by atomic mass is 19.1. The van der Waals surface area contributed by atoms with Crippen molar-refractivity contribution in [2.24, 2.45) is 0 Å². The zero-order chi connectivity index (χ0) is 19.6. The molecule has 0 saturated carbocycles. The van der Waals surface area contributed by atoms with Gasteiger partial charge in [0, 0.05) is 11.1 Å². The van der Waals surface area contributed by atoms with Crippen LogP contribution in [0.4, 0.5) is 8.78 Å². The third-order valence-corrected chi connectivity index (χ3v) is 4.34. The largest absolute Gasteiger partial charge is 0.454 e. The first-order valence-electron chi connectivity index (χ1n) is 8.46. The van der Waals surface area contributed by atoms with E-state index in [2.05, 4.69) is 4.98 Å². The molecule has 1 heterocycles. The van der Waals surface area contributed by atoms with E-state index in [0.29, 0.717) is 28.5 Å². The summed E-state index contributed by atoms with van der Waals surface area (Å²) in [6, 6.07) is 9.69. The van der Waals surface area contributed by atoms with Crippen molar-refractivity contribution >= 4 is 22.7 Å². The number of fused-ring (bicyclic) bond motifs is 1. The van der Waals surface area contributed by atoms with Gasteiger partial charge < -0.3 is 4.74 Å². The maximum Gasteiger partial charge on any atom is 0.339 e. The lowest BCUT2D eigenvalue weighted by molar-refractivity contribution is 0.0474. The molecule has 0 aliphatic carbocycles. The fraction of sp³-hybridized carbons (Fsp3) is 0.190. The van der Waals surface area contributed by atoms with Gasteiger partial charge in [0.2, 0.25) is 5.78 Å². The zero-order valence-electron chi connectivity index (χ0n) is 14.9. The molecule has 2 aromatic carbocycles. The van der Waals surface area contributed by atoms with Crippen molar-refractivity contribution in [1.29, 1.82) is 0 Å². The van der Waals surface area contributed by atoms with Crippen molar-refractivity contribution in [3.05, 3.63) is 76.5 Å². The van der Waals surface area contributed by atoms with Gasteiger partial charge >= 0.3 is 5.97 Å². The average molecular weight is 369 g/mol. The summed E-state index contributed by atoms with van der Waals surface area (Å²) in [5.74, 6) is -3.12. The van der Waals surface area contributed by atoms with E-state index in [0.717, 1.165) is 23.9 Å². The van der Waals surface area contributed by atoms with E-state index in [1.807, 2.05) is 13.0 Å². The van der Waals surface area contributed by atoms with Crippen molar-refractivity contribution in [2.45, 2.75) is 20.3 Å². The summed E-state index contributed by atoms with van der Waals surface area (Å²) < 4.78 is 32.1. The summed E-state index contributed by atoms with van der Waals surface area (Å²) in [7, 11) is 0. The summed E-state index contributed by atoms with van der Waals surface area (Å²) in [6.45, 7) is 3.01. The molecule has 0 unspecified atom stereocenters. The van der Waals surface area contributed by atoms with E-state index >= 15 is 0 Å². The highest BCUT2D eigenvalue weighted by Gasteiger charge is 2.21. The molecule has 0 radical (unpaired) electrons. The Balaban J connectivity index is 1.89. The molecular weight excluding hydrogens is 352 g/mol. The number of hydrogen-bond acceptors (Lipinski definition) is 4. The number of hydrogen-bond donors (Lipinski definition) is 0. The predicted molar refractivity (Wildman–Crippen MR) is 96.8 cm³/mol. The lowest BCUT2D eigenvalue weighted by Gasteiger charge is -2.13. The van der Waals surface area contributed by atoms with E-state index in [4.69, 9.17) is 4.74 Å². The monoisotopic (exact) mass is 369 g/mol. The number of para-hydroxylation sites is 1. The minimum absolute atomic E-state index is 0.324. The second-order valence-electron chi connectivity index (χ2n) is 6.05. The molecule has 0 spiro atoms. The smallest absolute Gasteiger partial charge is 0.339 e. The first kappa shape index (κ1) is 18.6. The molecule has 4 nitrogen and oxygen atoms in total. The summed E-state index contributed by atoms with van der Waals surface area (Å²) in [6.07, 6.45) is 0.629. The molecule has 0 aliphatic rings. The fourth-order valence-corrected chi connectivity index (χ4v) is 2.96. The third kappa shape index (κ3) is 3.69. The van der Waals surface area contributed by atoms with E-state index < -0.39 is 35.6 Å². The van der Waals surface area contributed by atoms with Crippen LogP contribution in [0.2, 0.25) is 0 Å². The molecule has 1 aromatic heterocycles. The number of pyridine rings is 1. The summed E-state index contributed by atoms with van der Waals surface area (Å²) in [5, 5.41) is 0.613. The van der Waals surface area contributed by atoms with Crippen molar-refractivity contribution in [3.63, 3.8) is 0 Å². The van der Waals surface area contributed by atoms with Crippen LogP contribution in [0.5, 0.6) is 0 Å². The van der Waals surface area contributed by atoms with Gasteiger partial charge in [-0.25, -0.2) is 13.6 Å². The molecule has 138 valence electrons. The van der Waals surface area contributed by atoms with E-state index in [1.165, 1.54) is 0 Å². The van der Waals surface area contributed by atoms with Crippen molar-refractivity contribution in [2.75, 3.05) is 6.61 Å². The Kier molecular flexibility index (Phi) is 5.26. The van der Waals surface area contributed by atoms with Gasteiger partial charge in [-0.2, -0.15) is 0 Å². The minimum Gasteiger partial charge on any atom is -0.454 e. The SMILES string of the molecule is CCc1nc2ccccc2c(C(=O)OCC(=O)c2cc(F)ccc2F)c1C. The van der Waals surface area contributed by atoms with Crippen LogP contribution in [0.1, 0.15) is 38.9 Å². The van der Waals surface area contributed by atoms with Crippen molar-refractivity contribution < 1.29 is 23.1 Å². The number of aromatic nitrogens is 1. The van der Waals surface area contributed by atoms with Gasteiger partial charge in [-0.15, -0.1) is 0 Å². The van der Waals surface area contributed by atoms with Crippen LogP contribution in [0.15, 0.2) is 42.5 Å². The lowest BCUT2D eigenvalue weighted by atomic mass is 10.0. The first-order valence-corrected chi connectivity index (χ1v) is 8.46. The Bertz CT molecular complexity index is 1050. The molecule has 27 heavy (non-hydrogen) atoms. The Morgan fingerprint density at radius 3 is 2.59 bits per heavy atom. The van der Waals surface area contributed by atoms with Crippen LogP contribution in [-0.2, 0) is 11.2 Å². The van der Waals surface area contributed by atoms with Crippen LogP contribution < -0.4 is 0 Å². The number of halogens is 2. The van der Waals surface area contributed by atoms with Gasteiger partial charge in [-0.1, -0.05) is 25.1 Å². The quantitative estimate of drug-likeness (QED) is 0.493. The number of carbonyl (C=O) groups is 2. The number of ketones is 1. The molecule has 0 amide bonds. The first-order chi connectivity index (χ1) is 12.9. The number of Topliss-reactive ketones (excluding diaryl/α,β-unsaturated/α-hetero) is 1. The molecule has 0 atom stereocenters. The topological polar surface area (TPSA) is 56.3 Å². The number of nitrogens with zero attached hydrogens (tertiary/aromatic N) is 1. The van der Waals surface area contributed by atoms with E-state index in [1.54, 1.807) is 25.1 Å². The number of benzene rings is 2. The second kappa shape index (κ2) is 7.61. The number of esters is 1. The number of ether oxygens (including phenoxy) is 1. The molecule has 3 rings (SSSR count). The minimum atomic E-state index is -0.865. The van der Waals surface area contributed by atoms with Gasteiger partial charge in [-0.05, 0) is 43.2 Å². The Hall–Kier alpha value is -3.15. The molecule has 3 aromatic rings. The molecule has 0 fully saturated rings.